The van der Waals surface area contributed by atoms with Crippen LogP contribution in [0.5, 0.6) is 0 Å². The van der Waals surface area contributed by atoms with Gasteiger partial charge >= 0.3 is 0 Å². The van der Waals surface area contributed by atoms with E-state index < -0.39 is 0 Å². The quantitative estimate of drug-likeness (QED) is 0.921. The Kier molecular flexibility index (Phi) is 3.92. The maximum atomic E-state index is 6.04. The van der Waals surface area contributed by atoms with Crippen LogP contribution in [0.2, 0.25) is 0 Å². The van der Waals surface area contributed by atoms with Crippen LogP contribution in [0.1, 0.15) is 42.8 Å². The van der Waals surface area contributed by atoms with E-state index in [1.807, 2.05) is 0 Å². The van der Waals surface area contributed by atoms with Gasteiger partial charge in [0.1, 0.15) is 0 Å². The highest BCUT2D eigenvalue weighted by atomic mass is 32.1. The Morgan fingerprint density at radius 1 is 1.58 bits per heavy atom. The van der Waals surface area contributed by atoms with Crippen molar-refractivity contribution in [1.29, 1.82) is 0 Å². The maximum Gasteiger partial charge on any atom is 0.0943 e. The number of rotatable bonds is 4. The Hall–Kier alpha value is -0.450. The van der Waals surface area contributed by atoms with Crippen LogP contribution < -0.4 is 5.32 Å². The molecule has 19 heavy (non-hydrogen) atoms. The van der Waals surface area contributed by atoms with Crippen molar-refractivity contribution in [1.82, 2.24) is 10.3 Å². The molecule has 0 aromatic carbocycles. The van der Waals surface area contributed by atoms with E-state index in [9.17, 15) is 0 Å². The van der Waals surface area contributed by atoms with E-state index in [4.69, 9.17) is 4.74 Å². The zero-order valence-corrected chi connectivity index (χ0v) is 12.8. The van der Waals surface area contributed by atoms with Crippen molar-refractivity contribution in [2.24, 2.45) is 5.92 Å². The molecular weight excluding hydrogens is 256 g/mol. The van der Waals surface area contributed by atoms with E-state index in [-0.39, 0.29) is 5.60 Å². The first-order chi connectivity index (χ1) is 9.21. The minimum absolute atomic E-state index is 0.247. The van der Waals surface area contributed by atoms with Crippen molar-refractivity contribution in [3.8, 4) is 0 Å². The van der Waals surface area contributed by atoms with Gasteiger partial charge in [-0.3, -0.25) is 0 Å². The zero-order chi connectivity index (χ0) is 13.3. The third kappa shape index (κ3) is 2.86. The average molecular weight is 280 g/mol. The number of aromatic nitrogens is 1. The first-order valence-electron chi connectivity index (χ1n) is 7.43. The Morgan fingerprint density at radius 2 is 2.42 bits per heavy atom. The molecule has 1 aliphatic heterocycles. The summed E-state index contributed by atoms with van der Waals surface area (Å²) in [6.45, 7) is 3.02. The van der Waals surface area contributed by atoms with Crippen LogP contribution in [0.3, 0.4) is 0 Å². The van der Waals surface area contributed by atoms with Crippen LogP contribution in [0.25, 0.3) is 0 Å². The Morgan fingerprint density at radius 3 is 3.00 bits per heavy atom. The standard InChI is InChI=1S/C15H24N2OS/c1-11-10-19-14(17-11)8-13(16-2)12-4-7-18-15(9-12)5-3-6-15/h10,12-13,16H,3-9H2,1-2H3. The van der Waals surface area contributed by atoms with Gasteiger partial charge in [-0.15, -0.1) is 11.3 Å². The van der Waals surface area contributed by atoms with E-state index in [0.717, 1.165) is 24.6 Å². The summed E-state index contributed by atoms with van der Waals surface area (Å²) in [7, 11) is 2.09. The summed E-state index contributed by atoms with van der Waals surface area (Å²) in [5, 5.41) is 6.95. The summed E-state index contributed by atoms with van der Waals surface area (Å²) in [6, 6.07) is 0.548. The Bertz CT molecular complexity index is 428. The molecule has 1 aromatic rings. The zero-order valence-electron chi connectivity index (χ0n) is 11.9. The van der Waals surface area contributed by atoms with Crippen LogP contribution in [-0.2, 0) is 11.2 Å². The molecule has 1 saturated carbocycles. The number of hydrogen-bond acceptors (Lipinski definition) is 4. The molecule has 2 aliphatic rings. The fourth-order valence-electron chi connectivity index (χ4n) is 3.52. The molecule has 0 radical (unpaired) electrons. The van der Waals surface area contributed by atoms with Gasteiger partial charge in [0.25, 0.3) is 0 Å². The lowest BCUT2D eigenvalue weighted by atomic mass is 9.70. The number of aryl methyl sites for hydroxylation is 1. The molecule has 3 nitrogen and oxygen atoms in total. The van der Waals surface area contributed by atoms with Gasteiger partial charge in [-0.2, -0.15) is 0 Å². The summed E-state index contributed by atoms with van der Waals surface area (Å²) in [4.78, 5) is 4.61. The van der Waals surface area contributed by atoms with Crippen molar-refractivity contribution in [2.75, 3.05) is 13.7 Å². The molecule has 1 saturated heterocycles. The molecule has 3 rings (SSSR count). The number of hydrogen-bond donors (Lipinski definition) is 1. The van der Waals surface area contributed by atoms with Crippen LogP contribution in [0.15, 0.2) is 5.38 Å². The molecule has 1 spiro atoms. The lowest BCUT2D eigenvalue weighted by Crippen LogP contribution is -2.50. The van der Waals surface area contributed by atoms with Crippen molar-refractivity contribution >= 4 is 11.3 Å². The van der Waals surface area contributed by atoms with Crippen molar-refractivity contribution in [3.63, 3.8) is 0 Å². The third-order valence-corrected chi connectivity index (χ3v) is 5.79. The van der Waals surface area contributed by atoms with Gasteiger partial charge in [0.15, 0.2) is 0 Å². The minimum atomic E-state index is 0.247. The largest absolute Gasteiger partial charge is 0.375 e. The Balaban J connectivity index is 1.64. The summed E-state index contributed by atoms with van der Waals surface area (Å²) < 4.78 is 6.04. The molecule has 1 N–H and O–H groups in total. The van der Waals surface area contributed by atoms with Gasteiger partial charge in [0.05, 0.1) is 10.6 Å². The van der Waals surface area contributed by atoms with Gasteiger partial charge in [0, 0.05) is 30.1 Å². The highest BCUT2D eigenvalue weighted by Crippen LogP contribution is 2.45. The van der Waals surface area contributed by atoms with Crippen LogP contribution >= 0.6 is 11.3 Å². The molecule has 1 aliphatic carbocycles. The number of nitrogens with zero attached hydrogens (tertiary/aromatic N) is 1. The van der Waals surface area contributed by atoms with Gasteiger partial charge in [0.2, 0.25) is 0 Å². The molecule has 2 atom stereocenters. The monoisotopic (exact) mass is 280 g/mol. The van der Waals surface area contributed by atoms with Crippen molar-refractivity contribution < 1.29 is 4.74 Å². The Labute approximate surface area is 119 Å². The highest BCUT2D eigenvalue weighted by Gasteiger charge is 2.44. The molecule has 0 bridgehead atoms. The van der Waals surface area contributed by atoms with E-state index in [1.54, 1.807) is 11.3 Å². The van der Waals surface area contributed by atoms with Crippen LogP contribution in [0, 0.1) is 12.8 Å². The fourth-order valence-corrected chi connectivity index (χ4v) is 4.35. The molecule has 0 amide bonds. The first-order valence-corrected chi connectivity index (χ1v) is 8.31. The molecule has 4 heteroatoms. The minimum Gasteiger partial charge on any atom is -0.375 e. The van der Waals surface area contributed by atoms with E-state index in [0.29, 0.717) is 6.04 Å². The molecule has 2 heterocycles. The average Bonchev–Trinajstić information content (AvgIpc) is 2.80. The normalized spacial score (nSPS) is 27.2. The van der Waals surface area contributed by atoms with Gasteiger partial charge in [-0.1, -0.05) is 0 Å². The number of ether oxygens (including phenoxy) is 1. The summed E-state index contributed by atoms with van der Waals surface area (Å²) >= 11 is 1.79. The second-order valence-electron chi connectivity index (χ2n) is 6.12. The third-order valence-electron chi connectivity index (χ3n) is 4.80. The highest BCUT2D eigenvalue weighted by molar-refractivity contribution is 7.09. The number of nitrogens with one attached hydrogen (secondary N) is 1. The van der Waals surface area contributed by atoms with Gasteiger partial charge in [-0.25, -0.2) is 4.98 Å². The summed E-state index contributed by atoms with van der Waals surface area (Å²) in [5.41, 5.74) is 1.40. The van der Waals surface area contributed by atoms with Crippen molar-refractivity contribution in [2.45, 2.75) is 57.1 Å². The fraction of sp³-hybridized carbons (Fsp3) is 0.800. The smallest absolute Gasteiger partial charge is 0.0943 e. The van der Waals surface area contributed by atoms with E-state index in [2.05, 4.69) is 29.7 Å². The van der Waals surface area contributed by atoms with Crippen LogP contribution in [-0.4, -0.2) is 30.3 Å². The summed E-state index contributed by atoms with van der Waals surface area (Å²) in [5.74, 6) is 0.739. The topological polar surface area (TPSA) is 34.2 Å². The number of thiazole rings is 1. The lowest BCUT2D eigenvalue weighted by molar-refractivity contribution is -0.146. The molecule has 2 fully saturated rings. The lowest BCUT2D eigenvalue weighted by Gasteiger charge is -2.48. The SMILES string of the molecule is CNC(Cc1nc(C)cs1)C1CCOC2(CCC2)C1. The second-order valence-corrected chi connectivity index (χ2v) is 7.06. The maximum absolute atomic E-state index is 6.04. The van der Waals surface area contributed by atoms with E-state index >= 15 is 0 Å². The molecule has 2 unspecified atom stereocenters. The molecule has 1 aromatic heterocycles. The van der Waals surface area contributed by atoms with E-state index in [1.165, 1.54) is 37.1 Å². The second kappa shape index (κ2) is 5.51. The van der Waals surface area contributed by atoms with Gasteiger partial charge in [-0.05, 0) is 52.0 Å². The predicted octanol–water partition coefficient (Wildman–Crippen LogP) is 2.93. The molecular formula is C15H24N2OS. The van der Waals surface area contributed by atoms with Gasteiger partial charge < -0.3 is 10.1 Å². The first kappa shape index (κ1) is 13.5. The summed E-state index contributed by atoms with van der Waals surface area (Å²) in [6.07, 6.45) is 7.39. The number of likely N-dealkylation sites (N-methyl/N-ethyl adjacent to an activating group) is 1. The predicted molar refractivity (Wildman–Crippen MR) is 78.7 cm³/mol. The molecule has 106 valence electrons. The van der Waals surface area contributed by atoms with Crippen molar-refractivity contribution in [3.05, 3.63) is 16.1 Å². The van der Waals surface area contributed by atoms with Crippen LogP contribution in [0.4, 0.5) is 0 Å².